The van der Waals surface area contributed by atoms with Crippen molar-refractivity contribution in [3.63, 3.8) is 0 Å². The van der Waals surface area contributed by atoms with Gasteiger partial charge < -0.3 is 16.4 Å². The average molecular weight is 554 g/mol. The van der Waals surface area contributed by atoms with Crippen LogP contribution in [0.4, 0.5) is 14.5 Å². The molecule has 1 aromatic carbocycles. The van der Waals surface area contributed by atoms with Gasteiger partial charge in [-0.1, -0.05) is 0 Å². The number of nitrogens with one attached hydrogen (secondary N) is 1. The Kier molecular flexibility index (Phi) is 7.54. The maximum Gasteiger partial charge on any atom is 0.255 e. The molecule has 2 fully saturated rings. The predicted molar refractivity (Wildman–Crippen MR) is 145 cm³/mol. The van der Waals surface area contributed by atoms with Crippen LogP contribution in [0.25, 0.3) is 11.3 Å². The highest BCUT2D eigenvalue weighted by atomic mass is 19.1. The molecule has 5 N–H and O–H groups in total. The molecule has 0 radical (unpaired) electrons. The Morgan fingerprint density at radius 2 is 1.88 bits per heavy atom. The van der Waals surface area contributed by atoms with Crippen LogP contribution in [0, 0.1) is 5.82 Å². The van der Waals surface area contributed by atoms with E-state index >= 15 is 4.39 Å². The monoisotopic (exact) mass is 553 g/mol. The molecule has 2 aromatic rings. The molecule has 0 spiro atoms. The number of carbonyl (C=O) groups is 3. The number of anilines is 1. The number of aromatic nitrogens is 1. The fourth-order valence-corrected chi connectivity index (χ4v) is 5.51. The van der Waals surface area contributed by atoms with Gasteiger partial charge in [0, 0.05) is 48.8 Å². The SMILES string of the molecule is CC(C)N=C(N)c1nc(-c2ccc3c(c2F)CN(C2CCC(=O)NC2=O)C3=O)cc(CN2CCC(F)CC2)c1N. The Labute approximate surface area is 230 Å². The Morgan fingerprint density at radius 1 is 1.18 bits per heavy atom. The van der Waals surface area contributed by atoms with E-state index in [0.29, 0.717) is 43.7 Å². The number of pyridine rings is 1. The number of piperidine rings is 2. The summed E-state index contributed by atoms with van der Waals surface area (Å²) in [6.07, 6.45) is 0.318. The van der Waals surface area contributed by atoms with Gasteiger partial charge in [0.05, 0.1) is 17.9 Å². The molecule has 2 saturated heterocycles. The molecule has 0 aliphatic carbocycles. The van der Waals surface area contributed by atoms with Crippen molar-refractivity contribution in [1.29, 1.82) is 0 Å². The van der Waals surface area contributed by atoms with Gasteiger partial charge in [-0.25, -0.2) is 13.8 Å². The number of hydrogen-bond acceptors (Lipinski definition) is 7. The van der Waals surface area contributed by atoms with Gasteiger partial charge in [-0.2, -0.15) is 0 Å². The fraction of sp³-hybridized carbons (Fsp3) is 0.464. The van der Waals surface area contributed by atoms with Crippen LogP contribution in [0.2, 0.25) is 0 Å². The van der Waals surface area contributed by atoms with Crippen molar-refractivity contribution in [2.75, 3.05) is 18.8 Å². The first-order valence-corrected chi connectivity index (χ1v) is 13.5. The van der Waals surface area contributed by atoms with Crippen molar-refractivity contribution in [2.24, 2.45) is 10.7 Å². The topological polar surface area (TPSA) is 147 Å². The molecule has 5 rings (SSSR count). The summed E-state index contributed by atoms with van der Waals surface area (Å²) in [6, 6.07) is 3.72. The third-order valence-corrected chi connectivity index (χ3v) is 7.62. The minimum Gasteiger partial charge on any atom is -0.397 e. The number of amidine groups is 1. The summed E-state index contributed by atoms with van der Waals surface area (Å²) in [4.78, 5) is 49.4. The van der Waals surface area contributed by atoms with Gasteiger partial charge in [-0.3, -0.25) is 29.6 Å². The molecule has 212 valence electrons. The van der Waals surface area contributed by atoms with Crippen molar-refractivity contribution in [1.82, 2.24) is 20.1 Å². The van der Waals surface area contributed by atoms with Gasteiger partial charge in [0.1, 0.15) is 29.6 Å². The summed E-state index contributed by atoms with van der Waals surface area (Å²) < 4.78 is 29.8. The van der Waals surface area contributed by atoms with Crippen molar-refractivity contribution in [3.05, 3.63) is 46.4 Å². The van der Waals surface area contributed by atoms with Crippen LogP contribution in [0.5, 0.6) is 0 Å². The van der Waals surface area contributed by atoms with Gasteiger partial charge in [-0.05, 0) is 56.9 Å². The largest absolute Gasteiger partial charge is 0.397 e. The van der Waals surface area contributed by atoms with Crippen LogP contribution >= 0.6 is 0 Å². The molecule has 1 unspecified atom stereocenters. The van der Waals surface area contributed by atoms with E-state index in [0.717, 1.165) is 0 Å². The third-order valence-electron chi connectivity index (χ3n) is 7.62. The summed E-state index contributed by atoms with van der Waals surface area (Å²) >= 11 is 0. The highest BCUT2D eigenvalue weighted by molar-refractivity contribution is 6.06. The maximum absolute atomic E-state index is 16.1. The average Bonchev–Trinajstić information content (AvgIpc) is 3.23. The number of fused-ring (bicyclic) bond motifs is 1. The van der Waals surface area contributed by atoms with Crippen LogP contribution < -0.4 is 16.8 Å². The molecule has 3 amide bonds. The van der Waals surface area contributed by atoms with Gasteiger partial charge in [-0.15, -0.1) is 0 Å². The van der Waals surface area contributed by atoms with Crippen molar-refractivity contribution in [3.8, 4) is 11.3 Å². The number of likely N-dealkylation sites (tertiary alicyclic amines) is 1. The number of imide groups is 1. The summed E-state index contributed by atoms with van der Waals surface area (Å²) in [7, 11) is 0. The maximum atomic E-state index is 16.1. The number of hydrogen-bond donors (Lipinski definition) is 3. The lowest BCUT2D eigenvalue weighted by molar-refractivity contribution is -0.136. The third kappa shape index (κ3) is 5.27. The van der Waals surface area contributed by atoms with Gasteiger partial charge in [0.2, 0.25) is 11.8 Å². The van der Waals surface area contributed by atoms with Gasteiger partial charge >= 0.3 is 0 Å². The zero-order chi connectivity index (χ0) is 28.7. The minimum absolute atomic E-state index is 0.105. The number of nitrogens with zero attached hydrogens (tertiary/aromatic N) is 4. The normalized spacial score (nSPS) is 20.8. The first-order valence-electron chi connectivity index (χ1n) is 13.5. The lowest BCUT2D eigenvalue weighted by Crippen LogP contribution is -2.52. The Morgan fingerprint density at radius 3 is 2.55 bits per heavy atom. The number of nitrogens with two attached hydrogens (primary N) is 2. The summed E-state index contributed by atoms with van der Waals surface area (Å²) in [5, 5.41) is 2.25. The van der Waals surface area contributed by atoms with E-state index in [4.69, 9.17) is 11.5 Å². The van der Waals surface area contributed by atoms with E-state index in [-0.39, 0.29) is 59.3 Å². The number of amides is 3. The molecule has 0 saturated carbocycles. The van der Waals surface area contributed by atoms with Crippen LogP contribution in [-0.2, 0) is 22.7 Å². The summed E-state index contributed by atoms with van der Waals surface area (Å²) in [5.41, 5.74) is 14.7. The molecule has 10 nitrogen and oxygen atoms in total. The second-order valence-corrected chi connectivity index (χ2v) is 10.8. The highest BCUT2D eigenvalue weighted by Crippen LogP contribution is 2.35. The number of benzene rings is 1. The molecule has 3 aliphatic heterocycles. The van der Waals surface area contributed by atoms with E-state index in [2.05, 4.69) is 20.2 Å². The lowest BCUT2D eigenvalue weighted by Gasteiger charge is -2.29. The number of halogens is 2. The molecular weight excluding hydrogens is 520 g/mol. The first-order chi connectivity index (χ1) is 19.0. The molecule has 4 heterocycles. The van der Waals surface area contributed by atoms with E-state index in [1.54, 1.807) is 6.07 Å². The van der Waals surface area contributed by atoms with Crippen molar-refractivity contribution < 1.29 is 23.2 Å². The Hall–Kier alpha value is -3.93. The van der Waals surface area contributed by atoms with Gasteiger partial charge in [0.15, 0.2) is 0 Å². The van der Waals surface area contributed by atoms with E-state index in [9.17, 15) is 18.8 Å². The van der Waals surface area contributed by atoms with Crippen LogP contribution in [0.1, 0.15) is 66.7 Å². The van der Waals surface area contributed by atoms with Crippen LogP contribution in [0.3, 0.4) is 0 Å². The van der Waals surface area contributed by atoms with Crippen molar-refractivity contribution >= 4 is 29.2 Å². The zero-order valence-corrected chi connectivity index (χ0v) is 22.5. The molecule has 3 aliphatic rings. The standard InChI is InChI=1S/C28H33F2N7O3/c1-14(2)33-26(32)25-24(31)15(12-36-9-7-16(29)8-10-36)11-20(34-25)18-4-3-17-19(23(18)30)13-37(28(17)40)21-5-6-22(38)35-27(21)39/h3-4,11,14,16,21H,5-10,12-13,31H2,1-2H3,(H2,32,33)(H,35,38,39). The number of rotatable bonds is 6. The predicted octanol–water partition coefficient (Wildman–Crippen LogP) is 2.28. The number of nitrogen functional groups attached to an aromatic ring is 1. The van der Waals surface area contributed by atoms with E-state index < -0.39 is 35.8 Å². The lowest BCUT2D eigenvalue weighted by atomic mass is 9.99. The Bertz CT molecular complexity index is 1400. The fourth-order valence-electron chi connectivity index (χ4n) is 5.51. The van der Waals surface area contributed by atoms with E-state index in [1.165, 1.54) is 17.0 Å². The minimum atomic E-state index is -0.853. The molecule has 1 atom stereocenters. The summed E-state index contributed by atoms with van der Waals surface area (Å²) in [5.74, 6) is -1.93. The number of aliphatic imine (C=N–C) groups is 1. The van der Waals surface area contributed by atoms with Crippen LogP contribution in [0.15, 0.2) is 23.2 Å². The molecule has 40 heavy (non-hydrogen) atoms. The second-order valence-electron chi connectivity index (χ2n) is 10.8. The zero-order valence-electron chi connectivity index (χ0n) is 22.5. The van der Waals surface area contributed by atoms with Crippen LogP contribution in [-0.4, -0.2) is 69.7 Å². The number of carbonyl (C=O) groups excluding carboxylic acids is 3. The highest BCUT2D eigenvalue weighted by Gasteiger charge is 2.40. The molecule has 0 bridgehead atoms. The van der Waals surface area contributed by atoms with E-state index in [1.807, 2.05) is 13.8 Å². The van der Waals surface area contributed by atoms with Crippen molar-refractivity contribution in [2.45, 2.75) is 70.9 Å². The summed E-state index contributed by atoms with van der Waals surface area (Å²) in [6.45, 7) is 5.15. The van der Waals surface area contributed by atoms with Gasteiger partial charge in [0.25, 0.3) is 5.91 Å². The number of alkyl halides is 1. The smallest absolute Gasteiger partial charge is 0.255 e. The quantitative estimate of drug-likeness (QED) is 0.283. The second kappa shape index (κ2) is 10.9. The molecule has 12 heteroatoms. The first kappa shape index (κ1) is 27.6. The molecular formula is C28H33F2N7O3. The molecule has 1 aromatic heterocycles. The Balaban J connectivity index is 1.52.